The fourth-order valence-electron chi connectivity index (χ4n) is 3.92. The number of piperidine rings is 1. The fraction of sp³-hybridized carbons (Fsp3) is 0.765. The van der Waals surface area contributed by atoms with Gasteiger partial charge >= 0.3 is 5.69 Å². The van der Waals surface area contributed by atoms with Crippen molar-refractivity contribution in [1.29, 1.82) is 0 Å². The molecule has 2 aliphatic rings. The predicted octanol–water partition coefficient (Wildman–Crippen LogP) is 1.19. The van der Waals surface area contributed by atoms with Gasteiger partial charge in [-0.05, 0) is 18.3 Å². The van der Waals surface area contributed by atoms with Crippen LogP contribution in [0.15, 0.2) is 0 Å². The molecule has 0 aliphatic carbocycles. The van der Waals surface area contributed by atoms with Crippen LogP contribution in [-0.2, 0) is 4.74 Å². The SMILES string of the molecule is C[C@H]1C[C@H](C)CN(c2nc(NCCN3CCOCC3)nc(N)c2[N+](=O)[O-])C1. The largest absolute Gasteiger partial charge is 0.379 e. The molecule has 1 aromatic heterocycles. The summed E-state index contributed by atoms with van der Waals surface area (Å²) in [5.74, 6) is 1.46. The van der Waals surface area contributed by atoms with E-state index in [-0.39, 0.29) is 11.5 Å². The van der Waals surface area contributed by atoms with Crippen molar-refractivity contribution in [3.8, 4) is 0 Å². The number of morpholine rings is 1. The zero-order valence-electron chi connectivity index (χ0n) is 16.1. The van der Waals surface area contributed by atoms with Crippen molar-refractivity contribution in [2.75, 3.05) is 68.4 Å². The van der Waals surface area contributed by atoms with Crippen LogP contribution in [0.25, 0.3) is 0 Å². The first kappa shape index (κ1) is 19.6. The number of nitrogen functional groups attached to an aromatic ring is 1. The molecule has 0 unspecified atom stereocenters. The Labute approximate surface area is 159 Å². The summed E-state index contributed by atoms with van der Waals surface area (Å²) in [4.78, 5) is 23.9. The molecule has 0 radical (unpaired) electrons. The molecule has 1 aromatic rings. The van der Waals surface area contributed by atoms with Crippen LogP contribution >= 0.6 is 0 Å². The number of hydrogen-bond acceptors (Lipinski definition) is 9. The van der Waals surface area contributed by atoms with Gasteiger partial charge in [0.05, 0.1) is 18.1 Å². The highest BCUT2D eigenvalue weighted by Gasteiger charge is 2.31. The highest BCUT2D eigenvalue weighted by atomic mass is 16.6. The molecule has 150 valence electrons. The molecular weight excluding hydrogens is 350 g/mol. The molecule has 0 bridgehead atoms. The molecule has 10 heteroatoms. The molecule has 0 aromatic carbocycles. The highest BCUT2D eigenvalue weighted by molar-refractivity contribution is 5.71. The van der Waals surface area contributed by atoms with Crippen molar-refractivity contribution >= 4 is 23.3 Å². The summed E-state index contributed by atoms with van der Waals surface area (Å²) in [7, 11) is 0. The summed E-state index contributed by atoms with van der Waals surface area (Å²) in [6.45, 7) is 10.5. The Bertz CT molecular complexity index is 656. The number of nitrogens with one attached hydrogen (secondary N) is 1. The Balaban J connectivity index is 1.75. The van der Waals surface area contributed by atoms with E-state index in [2.05, 4.69) is 34.0 Å². The summed E-state index contributed by atoms with van der Waals surface area (Å²) >= 11 is 0. The van der Waals surface area contributed by atoms with Gasteiger partial charge in [-0.15, -0.1) is 0 Å². The normalized spacial score (nSPS) is 24.0. The lowest BCUT2D eigenvalue weighted by atomic mass is 9.92. The van der Waals surface area contributed by atoms with Gasteiger partial charge in [0.2, 0.25) is 17.6 Å². The molecule has 2 fully saturated rings. The second kappa shape index (κ2) is 8.66. The Morgan fingerprint density at radius 3 is 2.56 bits per heavy atom. The van der Waals surface area contributed by atoms with E-state index in [0.717, 1.165) is 52.4 Å². The van der Waals surface area contributed by atoms with Gasteiger partial charge in [0.15, 0.2) is 0 Å². The molecule has 3 N–H and O–H groups in total. The third-order valence-corrected chi connectivity index (χ3v) is 5.06. The van der Waals surface area contributed by atoms with Crippen LogP contribution < -0.4 is 16.0 Å². The number of nitrogens with zero attached hydrogens (tertiary/aromatic N) is 5. The van der Waals surface area contributed by atoms with Gasteiger partial charge < -0.3 is 20.7 Å². The van der Waals surface area contributed by atoms with E-state index in [1.54, 1.807) is 0 Å². The average molecular weight is 379 g/mol. The van der Waals surface area contributed by atoms with Crippen LogP contribution in [-0.4, -0.2) is 72.3 Å². The lowest BCUT2D eigenvalue weighted by Gasteiger charge is -2.35. The van der Waals surface area contributed by atoms with Crippen molar-refractivity contribution in [2.24, 2.45) is 11.8 Å². The first-order valence-corrected chi connectivity index (χ1v) is 9.55. The number of aromatic nitrogens is 2. The van der Waals surface area contributed by atoms with Gasteiger partial charge in [-0.2, -0.15) is 9.97 Å². The lowest BCUT2D eigenvalue weighted by molar-refractivity contribution is -0.383. The van der Waals surface area contributed by atoms with Gasteiger partial charge in [0, 0.05) is 39.3 Å². The molecule has 0 spiro atoms. The molecule has 2 saturated heterocycles. The molecule has 2 aliphatic heterocycles. The van der Waals surface area contributed by atoms with Gasteiger partial charge in [-0.3, -0.25) is 15.0 Å². The van der Waals surface area contributed by atoms with E-state index in [1.165, 1.54) is 0 Å². The number of hydrogen-bond donors (Lipinski definition) is 2. The Morgan fingerprint density at radius 2 is 1.93 bits per heavy atom. The van der Waals surface area contributed by atoms with Crippen LogP contribution in [0.3, 0.4) is 0 Å². The third-order valence-electron chi connectivity index (χ3n) is 5.06. The molecule has 3 rings (SSSR count). The minimum atomic E-state index is -0.480. The van der Waals surface area contributed by atoms with Crippen LogP contribution in [0.4, 0.5) is 23.3 Å². The van der Waals surface area contributed by atoms with Crippen molar-refractivity contribution < 1.29 is 9.66 Å². The standard InChI is InChI=1S/C17H29N7O3/c1-12-9-13(2)11-23(10-12)16-14(24(25)26)15(18)20-17(21-16)19-3-4-22-5-7-27-8-6-22/h12-13H,3-11H2,1-2H3,(H3,18,19,20,21)/t12-,13-/m0/s1. The maximum Gasteiger partial charge on any atom is 0.353 e. The van der Waals surface area contributed by atoms with Crippen LogP contribution in [0, 0.1) is 22.0 Å². The Morgan fingerprint density at radius 1 is 1.26 bits per heavy atom. The van der Waals surface area contributed by atoms with Gasteiger partial charge in [0.25, 0.3) is 0 Å². The van der Waals surface area contributed by atoms with Gasteiger partial charge in [-0.25, -0.2) is 0 Å². The van der Waals surface area contributed by atoms with Crippen molar-refractivity contribution in [3.63, 3.8) is 0 Å². The number of ether oxygens (including phenoxy) is 1. The number of nitrogens with two attached hydrogens (primary N) is 1. The maximum absolute atomic E-state index is 11.6. The van der Waals surface area contributed by atoms with Gasteiger partial charge in [0.1, 0.15) is 0 Å². The number of anilines is 3. The summed E-state index contributed by atoms with van der Waals surface area (Å²) < 4.78 is 5.34. The average Bonchev–Trinajstić information content (AvgIpc) is 2.61. The van der Waals surface area contributed by atoms with Gasteiger partial charge in [-0.1, -0.05) is 13.8 Å². The quantitative estimate of drug-likeness (QED) is 0.554. The van der Waals surface area contributed by atoms with E-state index in [0.29, 0.717) is 30.1 Å². The fourth-order valence-corrected chi connectivity index (χ4v) is 3.92. The predicted molar refractivity (Wildman–Crippen MR) is 104 cm³/mol. The van der Waals surface area contributed by atoms with Crippen LogP contribution in [0.1, 0.15) is 20.3 Å². The summed E-state index contributed by atoms with van der Waals surface area (Å²) in [6.07, 6.45) is 1.11. The minimum absolute atomic E-state index is 0.0928. The number of rotatable bonds is 6. The second-order valence-electron chi connectivity index (χ2n) is 7.59. The summed E-state index contributed by atoms with van der Waals surface area (Å²) in [5, 5.41) is 14.7. The molecule has 27 heavy (non-hydrogen) atoms. The second-order valence-corrected chi connectivity index (χ2v) is 7.59. The van der Waals surface area contributed by atoms with E-state index in [4.69, 9.17) is 10.5 Å². The molecule has 3 heterocycles. The smallest absolute Gasteiger partial charge is 0.353 e. The Kier molecular flexibility index (Phi) is 6.27. The monoisotopic (exact) mass is 379 g/mol. The zero-order chi connectivity index (χ0) is 19.4. The molecule has 0 saturated carbocycles. The van der Waals surface area contributed by atoms with E-state index in [1.807, 2.05) is 4.90 Å². The molecule has 0 amide bonds. The summed E-state index contributed by atoms with van der Waals surface area (Å²) in [6, 6.07) is 0. The van der Waals surface area contributed by atoms with E-state index < -0.39 is 4.92 Å². The highest BCUT2D eigenvalue weighted by Crippen LogP contribution is 2.35. The molecule has 10 nitrogen and oxygen atoms in total. The molecular formula is C17H29N7O3. The lowest BCUT2D eigenvalue weighted by Crippen LogP contribution is -2.40. The van der Waals surface area contributed by atoms with Crippen LogP contribution in [0.2, 0.25) is 0 Å². The Hall–Kier alpha value is -2.20. The topological polar surface area (TPSA) is 123 Å². The van der Waals surface area contributed by atoms with E-state index in [9.17, 15) is 10.1 Å². The van der Waals surface area contributed by atoms with E-state index >= 15 is 0 Å². The third kappa shape index (κ3) is 4.95. The molecule has 2 atom stereocenters. The maximum atomic E-state index is 11.6. The summed E-state index contributed by atoms with van der Waals surface area (Å²) in [5.41, 5.74) is 5.73. The zero-order valence-corrected chi connectivity index (χ0v) is 16.1. The first-order chi connectivity index (χ1) is 12.9. The number of nitro groups is 1. The first-order valence-electron chi connectivity index (χ1n) is 9.55. The van der Waals surface area contributed by atoms with Crippen molar-refractivity contribution in [1.82, 2.24) is 14.9 Å². The van der Waals surface area contributed by atoms with Crippen LogP contribution in [0.5, 0.6) is 0 Å². The minimum Gasteiger partial charge on any atom is -0.379 e. The van der Waals surface area contributed by atoms with Crippen molar-refractivity contribution in [3.05, 3.63) is 10.1 Å². The van der Waals surface area contributed by atoms with Crippen molar-refractivity contribution in [2.45, 2.75) is 20.3 Å².